The van der Waals surface area contributed by atoms with Gasteiger partial charge in [-0.1, -0.05) is 6.07 Å². The Bertz CT molecular complexity index is 1020. The van der Waals surface area contributed by atoms with Crippen LogP contribution in [0.15, 0.2) is 41.8 Å². The summed E-state index contributed by atoms with van der Waals surface area (Å²) in [4.78, 5) is 8.04. The van der Waals surface area contributed by atoms with E-state index in [4.69, 9.17) is 0 Å². The van der Waals surface area contributed by atoms with Gasteiger partial charge in [0.2, 0.25) is 5.60 Å². The van der Waals surface area contributed by atoms with E-state index in [0.717, 1.165) is 4.57 Å². The first-order valence-electron chi connectivity index (χ1n) is 9.34. The summed E-state index contributed by atoms with van der Waals surface area (Å²) in [6.45, 7) is 2.33. The average molecular weight is 552 g/mol. The fourth-order valence-corrected chi connectivity index (χ4v) is 3.00. The Morgan fingerprint density at radius 3 is 2.61 bits per heavy atom. The van der Waals surface area contributed by atoms with Crippen LogP contribution in [0.4, 0.5) is 13.2 Å². The van der Waals surface area contributed by atoms with E-state index in [0.29, 0.717) is 24.0 Å². The molecule has 0 aromatic carbocycles. The van der Waals surface area contributed by atoms with Crippen molar-refractivity contribution in [3.05, 3.63) is 48.4 Å². The predicted molar refractivity (Wildman–Crippen MR) is 119 cm³/mol. The molecule has 3 aromatic rings. The molecular weight excluding hydrogens is 528 g/mol. The molecule has 3 N–H and O–H groups in total. The van der Waals surface area contributed by atoms with E-state index in [9.17, 15) is 18.3 Å². The van der Waals surface area contributed by atoms with Crippen LogP contribution in [0, 0.1) is 0 Å². The van der Waals surface area contributed by atoms with E-state index in [1.54, 1.807) is 16.7 Å². The van der Waals surface area contributed by atoms with Gasteiger partial charge in [-0.25, -0.2) is 9.98 Å². The number of imidazole rings is 1. The minimum Gasteiger partial charge on any atom is -0.374 e. The van der Waals surface area contributed by atoms with Gasteiger partial charge in [0.05, 0.1) is 0 Å². The molecule has 0 radical (unpaired) electrons. The van der Waals surface area contributed by atoms with Crippen LogP contribution in [0.5, 0.6) is 0 Å². The van der Waals surface area contributed by atoms with Crippen molar-refractivity contribution in [1.82, 2.24) is 34.8 Å². The number of hydrogen-bond acceptors (Lipinski definition) is 5. The van der Waals surface area contributed by atoms with Crippen LogP contribution in [-0.2, 0) is 19.2 Å². The van der Waals surface area contributed by atoms with Gasteiger partial charge in [0.15, 0.2) is 17.4 Å². The second-order valence-corrected chi connectivity index (χ2v) is 6.64. The van der Waals surface area contributed by atoms with Crippen molar-refractivity contribution >= 4 is 35.6 Å². The minimum atomic E-state index is -4.89. The molecule has 1 atom stereocenters. The molecule has 0 aliphatic carbocycles. The third-order valence-corrected chi connectivity index (χ3v) is 4.55. The minimum absolute atomic E-state index is 0. The Hall–Kier alpha value is -2.42. The molecule has 0 bridgehead atoms. The monoisotopic (exact) mass is 552 g/mol. The van der Waals surface area contributed by atoms with Gasteiger partial charge >= 0.3 is 6.18 Å². The van der Waals surface area contributed by atoms with Gasteiger partial charge < -0.3 is 20.3 Å². The van der Waals surface area contributed by atoms with Crippen LogP contribution < -0.4 is 10.6 Å². The van der Waals surface area contributed by atoms with Crippen LogP contribution in [0.1, 0.15) is 25.0 Å². The highest BCUT2D eigenvalue weighted by Crippen LogP contribution is 2.40. The van der Waals surface area contributed by atoms with Crippen molar-refractivity contribution in [2.45, 2.75) is 31.7 Å². The first-order valence-corrected chi connectivity index (χ1v) is 9.34. The van der Waals surface area contributed by atoms with Crippen molar-refractivity contribution in [1.29, 1.82) is 0 Å². The van der Waals surface area contributed by atoms with Crippen LogP contribution in [0.3, 0.4) is 0 Å². The topological polar surface area (TPSA) is 105 Å². The number of nitrogens with one attached hydrogen (secondary N) is 2. The van der Waals surface area contributed by atoms with E-state index in [2.05, 4.69) is 30.8 Å². The van der Waals surface area contributed by atoms with Gasteiger partial charge in [0.25, 0.3) is 0 Å². The molecule has 13 heteroatoms. The molecule has 0 aliphatic heterocycles. The van der Waals surface area contributed by atoms with E-state index < -0.39 is 24.0 Å². The Morgan fingerprint density at radius 1 is 1.19 bits per heavy atom. The van der Waals surface area contributed by atoms with E-state index in [1.165, 1.54) is 19.4 Å². The van der Waals surface area contributed by atoms with Gasteiger partial charge in [0.1, 0.15) is 12.4 Å². The zero-order valence-electron chi connectivity index (χ0n) is 17.0. The van der Waals surface area contributed by atoms with Crippen molar-refractivity contribution in [3.8, 4) is 0 Å². The molecule has 170 valence electrons. The fourth-order valence-electron chi connectivity index (χ4n) is 3.00. The number of nitrogens with zero attached hydrogens (tertiary/aromatic N) is 6. The largest absolute Gasteiger partial charge is 0.424 e. The highest BCUT2D eigenvalue weighted by molar-refractivity contribution is 14.0. The maximum atomic E-state index is 13.6. The molecule has 0 aliphatic rings. The lowest BCUT2D eigenvalue weighted by atomic mass is 9.97. The number of guanidine groups is 1. The summed E-state index contributed by atoms with van der Waals surface area (Å²) >= 11 is 0. The highest BCUT2D eigenvalue weighted by atomic mass is 127. The second kappa shape index (κ2) is 10.3. The number of halogens is 4. The van der Waals surface area contributed by atoms with Crippen molar-refractivity contribution in [2.75, 3.05) is 13.1 Å². The standard InChI is InChI=1S/C18H23F3N8O.HI/c1-3-22-16(25-12-14-27-26-13-6-4-5-10-29(13)14)24-8-7-17(30,18(19,20)21)15-23-9-11-28(15)2;/h4-6,9-11,30H,3,7-8,12H2,1-2H3,(H2,22,24,25);1H. The summed E-state index contributed by atoms with van der Waals surface area (Å²) in [6, 6.07) is 5.48. The molecule has 1 unspecified atom stereocenters. The number of rotatable bonds is 7. The summed E-state index contributed by atoms with van der Waals surface area (Å²) in [6.07, 6.45) is -1.15. The average Bonchev–Trinajstić information content (AvgIpc) is 3.31. The quantitative estimate of drug-likeness (QED) is 0.235. The molecule has 9 nitrogen and oxygen atoms in total. The Labute approximate surface area is 193 Å². The number of aromatic nitrogens is 5. The van der Waals surface area contributed by atoms with Crippen molar-refractivity contribution < 1.29 is 18.3 Å². The third kappa shape index (κ3) is 5.44. The number of aliphatic hydroxyl groups is 1. The van der Waals surface area contributed by atoms with Crippen molar-refractivity contribution in [2.24, 2.45) is 12.0 Å². The number of aliphatic imine (C=N–C) groups is 1. The molecule has 0 saturated heterocycles. The second-order valence-electron chi connectivity index (χ2n) is 6.64. The number of pyridine rings is 1. The summed E-state index contributed by atoms with van der Waals surface area (Å²) in [5.41, 5.74) is -2.41. The van der Waals surface area contributed by atoms with Gasteiger partial charge in [-0.15, -0.1) is 34.2 Å². The van der Waals surface area contributed by atoms with E-state index in [1.807, 2.05) is 19.1 Å². The zero-order chi connectivity index (χ0) is 21.8. The molecule has 3 aromatic heterocycles. The number of alkyl halides is 3. The Balaban J connectivity index is 0.00000341. The lowest BCUT2D eigenvalue weighted by Crippen LogP contribution is -2.47. The van der Waals surface area contributed by atoms with Crippen LogP contribution >= 0.6 is 24.0 Å². The predicted octanol–water partition coefficient (Wildman–Crippen LogP) is 1.98. The first kappa shape index (κ1) is 24.8. The zero-order valence-corrected chi connectivity index (χ0v) is 19.3. The van der Waals surface area contributed by atoms with Crippen LogP contribution in [0.25, 0.3) is 5.65 Å². The third-order valence-electron chi connectivity index (χ3n) is 4.55. The molecular formula is C18H24F3IN8O. The Morgan fingerprint density at radius 2 is 1.97 bits per heavy atom. The lowest BCUT2D eigenvalue weighted by molar-refractivity contribution is -0.272. The summed E-state index contributed by atoms with van der Waals surface area (Å²) < 4.78 is 43.8. The molecule has 3 rings (SSSR count). The summed E-state index contributed by atoms with van der Waals surface area (Å²) in [5, 5.41) is 24.3. The molecule has 0 fully saturated rings. The van der Waals surface area contributed by atoms with Crippen LogP contribution in [-0.4, -0.2) is 54.5 Å². The molecule has 0 amide bonds. The van der Waals surface area contributed by atoms with E-state index >= 15 is 0 Å². The van der Waals surface area contributed by atoms with Gasteiger partial charge in [-0.2, -0.15) is 13.2 Å². The van der Waals surface area contributed by atoms with Gasteiger partial charge in [-0.3, -0.25) is 4.40 Å². The molecule has 0 saturated carbocycles. The van der Waals surface area contributed by atoms with Gasteiger partial charge in [0, 0.05) is 45.1 Å². The lowest BCUT2D eigenvalue weighted by Gasteiger charge is -2.30. The number of fused-ring (bicyclic) bond motifs is 1. The normalized spacial score (nSPS) is 14.2. The summed E-state index contributed by atoms with van der Waals surface area (Å²) in [7, 11) is 1.40. The van der Waals surface area contributed by atoms with E-state index in [-0.39, 0.29) is 37.1 Å². The maximum Gasteiger partial charge on any atom is 0.424 e. The maximum absolute atomic E-state index is 13.6. The summed E-state index contributed by atoms with van der Waals surface area (Å²) in [5.74, 6) is 0.422. The molecule has 0 spiro atoms. The van der Waals surface area contributed by atoms with Crippen molar-refractivity contribution in [3.63, 3.8) is 0 Å². The number of hydrogen-bond donors (Lipinski definition) is 3. The van der Waals surface area contributed by atoms with Gasteiger partial charge in [-0.05, 0) is 19.1 Å². The number of aryl methyl sites for hydroxylation is 1. The van der Waals surface area contributed by atoms with Crippen LogP contribution in [0.2, 0.25) is 0 Å². The fraction of sp³-hybridized carbons (Fsp3) is 0.444. The molecule has 31 heavy (non-hydrogen) atoms. The smallest absolute Gasteiger partial charge is 0.374 e. The molecule has 3 heterocycles. The highest BCUT2D eigenvalue weighted by Gasteiger charge is 2.57. The Kier molecular flexibility index (Phi) is 8.22. The SMILES string of the molecule is CCNC(=NCc1nnc2ccccn12)NCCC(O)(c1nccn1C)C(F)(F)F.I. The first-order chi connectivity index (χ1) is 14.3.